The van der Waals surface area contributed by atoms with Gasteiger partial charge in [0.05, 0.1) is 18.3 Å². The number of methoxy groups -OCH3 is 1. The van der Waals surface area contributed by atoms with E-state index in [0.717, 1.165) is 5.56 Å². The fourth-order valence-corrected chi connectivity index (χ4v) is 2.46. The normalized spacial score (nSPS) is 11.4. The van der Waals surface area contributed by atoms with Crippen molar-refractivity contribution in [1.82, 2.24) is 4.98 Å². The summed E-state index contributed by atoms with van der Waals surface area (Å²) in [5.74, 6) is 2.01. The topological polar surface area (TPSA) is 85.7 Å². The van der Waals surface area contributed by atoms with Crippen LogP contribution < -0.4 is 15.8 Å². The lowest BCUT2D eigenvalue weighted by atomic mass is 10.2. The second-order valence-electron chi connectivity index (χ2n) is 5.16. The molecule has 2 aromatic carbocycles. The standard InChI is InChI=1S/C18H17ClN4O2/c1-24-15-8-7-13(9-14(15)19)23-18(20)22-11-17-21-10-16(25-17)12-5-3-2-4-6-12/h2-10H,11H2,1H3,(H3,20,22,23). The molecule has 3 aromatic rings. The number of oxazole rings is 1. The van der Waals surface area contributed by atoms with Gasteiger partial charge >= 0.3 is 0 Å². The summed E-state index contributed by atoms with van der Waals surface area (Å²) in [4.78, 5) is 8.44. The molecular weight excluding hydrogens is 340 g/mol. The van der Waals surface area contributed by atoms with Crippen LogP contribution >= 0.6 is 11.6 Å². The maximum Gasteiger partial charge on any atom is 0.216 e. The van der Waals surface area contributed by atoms with Gasteiger partial charge in [0.15, 0.2) is 11.7 Å². The summed E-state index contributed by atoms with van der Waals surface area (Å²) in [7, 11) is 1.56. The number of rotatable bonds is 5. The molecule has 0 aliphatic heterocycles. The Balaban J connectivity index is 1.64. The highest BCUT2D eigenvalue weighted by atomic mass is 35.5. The zero-order chi connectivity index (χ0) is 17.6. The minimum atomic E-state index is 0.232. The fraction of sp³-hybridized carbons (Fsp3) is 0.111. The van der Waals surface area contributed by atoms with Gasteiger partial charge < -0.3 is 20.2 Å². The summed E-state index contributed by atoms with van der Waals surface area (Å²) in [6.45, 7) is 0.232. The number of hydrogen-bond acceptors (Lipinski definition) is 4. The third kappa shape index (κ3) is 4.30. The van der Waals surface area contributed by atoms with E-state index in [1.807, 2.05) is 30.3 Å². The summed E-state index contributed by atoms with van der Waals surface area (Å²) in [5.41, 5.74) is 7.56. The number of nitrogens with zero attached hydrogens (tertiary/aromatic N) is 2. The van der Waals surface area contributed by atoms with Crippen LogP contribution in [0.15, 0.2) is 64.1 Å². The molecular formula is C18H17ClN4O2. The molecule has 0 saturated heterocycles. The summed E-state index contributed by atoms with van der Waals surface area (Å²) < 4.78 is 10.8. The lowest BCUT2D eigenvalue weighted by molar-refractivity contribution is 0.415. The largest absolute Gasteiger partial charge is 0.495 e. The number of aliphatic imine (C=N–C) groups is 1. The Kier molecular flexibility index (Phi) is 5.20. The van der Waals surface area contributed by atoms with Crippen LogP contribution in [0.5, 0.6) is 5.75 Å². The van der Waals surface area contributed by atoms with E-state index >= 15 is 0 Å². The molecule has 7 heteroatoms. The minimum absolute atomic E-state index is 0.232. The summed E-state index contributed by atoms with van der Waals surface area (Å²) in [5, 5.41) is 3.45. The van der Waals surface area contributed by atoms with E-state index in [1.54, 1.807) is 31.5 Å². The maximum atomic E-state index is 6.08. The van der Waals surface area contributed by atoms with Crippen LogP contribution in [0.4, 0.5) is 5.69 Å². The van der Waals surface area contributed by atoms with Gasteiger partial charge in [-0.15, -0.1) is 0 Å². The van der Waals surface area contributed by atoms with Crippen LogP contribution in [-0.4, -0.2) is 18.1 Å². The van der Waals surface area contributed by atoms with Crippen LogP contribution in [0.25, 0.3) is 11.3 Å². The quantitative estimate of drug-likeness (QED) is 0.534. The predicted octanol–water partition coefficient (Wildman–Crippen LogP) is 3.93. The number of nitrogens with two attached hydrogens (primary N) is 1. The van der Waals surface area contributed by atoms with Crippen LogP contribution in [0, 0.1) is 0 Å². The Labute approximate surface area is 150 Å². The van der Waals surface area contributed by atoms with E-state index < -0.39 is 0 Å². The third-order valence-corrected chi connectivity index (χ3v) is 3.72. The van der Waals surface area contributed by atoms with E-state index in [2.05, 4.69) is 15.3 Å². The second-order valence-corrected chi connectivity index (χ2v) is 5.57. The van der Waals surface area contributed by atoms with Crippen molar-refractivity contribution in [3.05, 3.63) is 65.6 Å². The summed E-state index contributed by atoms with van der Waals surface area (Å²) in [6, 6.07) is 15.0. The molecule has 0 aliphatic carbocycles. The van der Waals surface area contributed by atoms with E-state index in [-0.39, 0.29) is 12.5 Å². The molecule has 0 aliphatic rings. The van der Waals surface area contributed by atoms with Crippen LogP contribution in [-0.2, 0) is 6.54 Å². The van der Waals surface area contributed by atoms with Gasteiger partial charge in [0.1, 0.15) is 12.3 Å². The zero-order valence-electron chi connectivity index (χ0n) is 13.6. The highest BCUT2D eigenvalue weighted by Crippen LogP contribution is 2.27. The second kappa shape index (κ2) is 7.72. The maximum absolute atomic E-state index is 6.08. The van der Waals surface area contributed by atoms with Crippen molar-refractivity contribution in [2.24, 2.45) is 10.7 Å². The molecule has 0 bridgehead atoms. The predicted molar refractivity (Wildman–Crippen MR) is 98.9 cm³/mol. The number of benzene rings is 2. The SMILES string of the molecule is COc1ccc(NC(N)=NCc2ncc(-c3ccccc3)o2)cc1Cl. The number of aromatic nitrogens is 1. The Hall–Kier alpha value is -2.99. The number of ether oxygens (including phenoxy) is 1. The van der Waals surface area contributed by atoms with Gasteiger partial charge in [0, 0.05) is 11.3 Å². The summed E-state index contributed by atoms with van der Waals surface area (Å²) in [6.07, 6.45) is 1.67. The first-order chi connectivity index (χ1) is 12.2. The third-order valence-electron chi connectivity index (χ3n) is 3.42. The van der Waals surface area contributed by atoms with Gasteiger partial charge in [0.2, 0.25) is 5.89 Å². The Morgan fingerprint density at radius 1 is 1.28 bits per heavy atom. The van der Waals surface area contributed by atoms with E-state index in [0.29, 0.717) is 28.1 Å². The van der Waals surface area contributed by atoms with E-state index in [9.17, 15) is 0 Å². The van der Waals surface area contributed by atoms with Crippen molar-refractivity contribution in [3.63, 3.8) is 0 Å². The molecule has 3 N–H and O–H groups in total. The van der Waals surface area contributed by atoms with Crippen LogP contribution in [0.3, 0.4) is 0 Å². The van der Waals surface area contributed by atoms with Crippen molar-refractivity contribution in [1.29, 1.82) is 0 Å². The molecule has 0 unspecified atom stereocenters. The molecule has 0 atom stereocenters. The molecule has 0 radical (unpaired) electrons. The first kappa shape index (κ1) is 16.9. The molecule has 0 fully saturated rings. The van der Waals surface area contributed by atoms with Crippen molar-refractivity contribution >= 4 is 23.2 Å². The van der Waals surface area contributed by atoms with Gasteiger partial charge in [-0.1, -0.05) is 41.9 Å². The molecule has 1 heterocycles. The molecule has 6 nitrogen and oxygen atoms in total. The van der Waals surface area contributed by atoms with Gasteiger partial charge in [-0.3, -0.25) is 0 Å². The molecule has 1 aromatic heterocycles. The van der Waals surface area contributed by atoms with Crippen molar-refractivity contribution < 1.29 is 9.15 Å². The van der Waals surface area contributed by atoms with Crippen molar-refractivity contribution in [2.75, 3.05) is 12.4 Å². The van der Waals surface area contributed by atoms with E-state index in [1.165, 1.54) is 0 Å². The number of halogens is 1. The van der Waals surface area contributed by atoms with Gasteiger partial charge in [-0.05, 0) is 18.2 Å². The molecule has 3 rings (SSSR count). The monoisotopic (exact) mass is 356 g/mol. The number of anilines is 1. The Morgan fingerprint density at radius 3 is 2.80 bits per heavy atom. The van der Waals surface area contributed by atoms with Crippen molar-refractivity contribution in [3.8, 4) is 17.1 Å². The molecule has 0 amide bonds. The van der Waals surface area contributed by atoms with Gasteiger partial charge in [-0.2, -0.15) is 0 Å². The first-order valence-corrected chi connectivity index (χ1v) is 7.94. The summed E-state index contributed by atoms with van der Waals surface area (Å²) >= 11 is 6.08. The average Bonchev–Trinajstić information content (AvgIpc) is 3.10. The molecule has 25 heavy (non-hydrogen) atoms. The zero-order valence-corrected chi connectivity index (χ0v) is 14.3. The van der Waals surface area contributed by atoms with Crippen LogP contribution in [0.2, 0.25) is 5.02 Å². The Bertz CT molecular complexity index is 878. The number of guanidine groups is 1. The highest BCUT2D eigenvalue weighted by Gasteiger charge is 2.06. The molecule has 128 valence electrons. The molecule has 0 saturated carbocycles. The number of nitrogens with one attached hydrogen (secondary N) is 1. The van der Waals surface area contributed by atoms with E-state index in [4.69, 9.17) is 26.5 Å². The molecule has 0 spiro atoms. The first-order valence-electron chi connectivity index (χ1n) is 7.56. The minimum Gasteiger partial charge on any atom is -0.495 e. The van der Waals surface area contributed by atoms with Gasteiger partial charge in [-0.25, -0.2) is 9.98 Å². The fourth-order valence-electron chi connectivity index (χ4n) is 2.20. The lowest BCUT2D eigenvalue weighted by Crippen LogP contribution is -2.22. The number of hydrogen-bond donors (Lipinski definition) is 2. The average molecular weight is 357 g/mol. The lowest BCUT2D eigenvalue weighted by Gasteiger charge is -2.08. The smallest absolute Gasteiger partial charge is 0.216 e. The van der Waals surface area contributed by atoms with Gasteiger partial charge in [0.25, 0.3) is 0 Å². The van der Waals surface area contributed by atoms with Crippen molar-refractivity contribution in [2.45, 2.75) is 6.54 Å². The Morgan fingerprint density at radius 2 is 2.08 bits per heavy atom. The van der Waals surface area contributed by atoms with Crippen LogP contribution in [0.1, 0.15) is 5.89 Å². The highest BCUT2D eigenvalue weighted by molar-refractivity contribution is 6.32.